The number of carbonyl (C=O) groups excluding carboxylic acids is 1. The molecular formula is C25H20N6O5S. The van der Waals surface area contributed by atoms with Crippen LogP contribution in [0.3, 0.4) is 0 Å². The first-order valence-electron chi connectivity index (χ1n) is 10.8. The fourth-order valence-corrected chi connectivity index (χ4v) is 4.53. The summed E-state index contributed by atoms with van der Waals surface area (Å²) < 4.78 is 25.6. The molecule has 0 fully saturated rings. The van der Waals surface area contributed by atoms with E-state index in [1.54, 1.807) is 48.8 Å². The molecule has 0 aliphatic rings. The maximum atomic E-state index is 12.8. The third kappa shape index (κ3) is 6.13. The summed E-state index contributed by atoms with van der Waals surface area (Å²) in [5, 5.41) is 27.2. The summed E-state index contributed by atoms with van der Waals surface area (Å²) in [5.41, 5.74) is 1.94. The van der Waals surface area contributed by atoms with Gasteiger partial charge < -0.3 is 16.0 Å². The number of nitrogens with one attached hydrogen (secondary N) is 4. The summed E-state index contributed by atoms with van der Waals surface area (Å²) >= 11 is 0. The lowest BCUT2D eigenvalue weighted by Crippen LogP contribution is -2.19. The standard InChI is InChI=1S/C25H20N6O5S/c26-24(28-20-2-1-15-27-16-20)17-3-5-18(6-4-17)29-25(32)30-19-7-11-22(12-8-19)37(35,36)23-13-9-21(10-14-23)31(33)34/h1-16H,(H2,26,28)(H2,29,30,32). The maximum absolute atomic E-state index is 12.8. The largest absolute Gasteiger partial charge is 0.339 e. The van der Waals surface area contributed by atoms with E-state index >= 15 is 0 Å². The number of nitrogens with zero attached hydrogens (tertiary/aromatic N) is 2. The van der Waals surface area contributed by atoms with Crippen LogP contribution in [0.1, 0.15) is 5.56 Å². The quantitative estimate of drug-likeness (QED) is 0.117. The average molecular weight is 517 g/mol. The van der Waals surface area contributed by atoms with Gasteiger partial charge >= 0.3 is 6.03 Å². The minimum absolute atomic E-state index is 0.0229. The minimum atomic E-state index is -3.88. The Labute approximate surface area is 211 Å². The Morgan fingerprint density at radius 2 is 1.32 bits per heavy atom. The van der Waals surface area contributed by atoms with Crippen molar-refractivity contribution in [1.29, 1.82) is 5.41 Å². The first-order valence-corrected chi connectivity index (χ1v) is 12.2. The van der Waals surface area contributed by atoms with Crippen LogP contribution in [-0.4, -0.2) is 30.2 Å². The zero-order chi connectivity index (χ0) is 26.4. The fraction of sp³-hybridized carbons (Fsp3) is 0. The van der Waals surface area contributed by atoms with E-state index in [0.29, 0.717) is 22.6 Å². The molecule has 37 heavy (non-hydrogen) atoms. The van der Waals surface area contributed by atoms with E-state index in [9.17, 15) is 23.3 Å². The van der Waals surface area contributed by atoms with Gasteiger partial charge in [0.1, 0.15) is 5.84 Å². The van der Waals surface area contributed by atoms with Crippen molar-refractivity contribution in [3.63, 3.8) is 0 Å². The van der Waals surface area contributed by atoms with Crippen LogP contribution in [0.2, 0.25) is 0 Å². The lowest BCUT2D eigenvalue weighted by molar-refractivity contribution is -0.384. The van der Waals surface area contributed by atoms with Crippen molar-refractivity contribution in [2.45, 2.75) is 9.79 Å². The number of amides is 2. The predicted molar refractivity (Wildman–Crippen MR) is 139 cm³/mol. The highest BCUT2D eigenvalue weighted by Gasteiger charge is 2.19. The highest BCUT2D eigenvalue weighted by Crippen LogP contribution is 2.24. The number of amidine groups is 1. The molecule has 2 amide bonds. The molecule has 0 saturated carbocycles. The monoisotopic (exact) mass is 516 g/mol. The lowest BCUT2D eigenvalue weighted by Gasteiger charge is -2.11. The number of sulfone groups is 1. The summed E-state index contributed by atoms with van der Waals surface area (Å²) in [7, 11) is -3.88. The maximum Gasteiger partial charge on any atom is 0.323 e. The first kappa shape index (κ1) is 25.0. The van der Waals surface area contributed by atoms with E-state index < -0.39 is 20.8 Å². The summed E-state index contributed by atoms with van der Waals surface area (Å²) in [4.78, 5) is 26.4. The van der Waals surface area contributed by atoms with Gasteiger partial charge in [-0.25, -0.2) is 13.2 Å². The molecule has 4 N–H and O–H groups in total. The van der Waals surface area contributed by atoms with Crippen LogP contribution in [0.25, 0.3) is 0 Å². The Morgan fingerprint density at radius 1 is 0.784 bits per heavy atom. The third-order valence-electron chi connectivity index (χ3n) is 5.14. The normalized spacial score (nSPS) is 10.8. The molecule has 4 aromatic rings. The van der Waals surface area contributed by atoms with Crippen LogP contribution in [0.4, 0.5) is 27.5 Å². The van der Waals surface area contributed by atoms with Gasteiger partial charge in [-0.15, -0.1) is 0 Å². The zero-order valence-corrected chi connectivity index (χ0v) is 19.9. The van der Waals surface area contributed by atoms with Crippen LogP contribution in [0, 0.1) is 15.5 Å². The fourth-order valence-electron chi connectivity index (χ4n) is 3.27. The molecule has 0 aliphatic carbocycles. The van der Waals surface area contributed by atoms with Gasteiger partial charge in [0.2, 0.25) is 9.84 Å². The number of nitro groups is 1. The van der Waals surface area contributed by atoms with Crippen LogP contribution >= 0.6 is 0 Å². The number of benzene rings is 3. The van der Waals surface area contributed by atoms with E-state index in [1.165, 1.54) is 36.4 Å². The second-order valence-electron chi connectivity index (χ2n) is 7.68. The van der Waals surface area contributed by atoms with Gasteiger partial charge in [-0.1, -0.05) is 0 Å². The minimum Gasteiger partial charge on any atom is -0.339 e. The van der Waals surface area contributed by atoms with Crippen molar-refractivity contribution in [2.24, 2.45) is 0 Å². The van der Waals surface area contributed by atoms with Crippen molar-refractivity contribution >= 4 is 44.5 Å². The number of aromatic nitrogens is 1. The molecule has 186 valence electrons. The van der Waals surface area contributed by atoms with Gasteiger partial charge in [-0.2, -0.15) is 0 Å². The van der Waals surface area contributed by atoms with E-state index in [0.717, 1.165) is 12.1 Å². The van der Waals surface area contributed by atoms with Crippen molar-refractivity contribution in [3.8, 4) is 0 Å². The Balaban J connectivity index is 1.35. The van der Waals surface area contributed by atoms with Gasteiger partial charge in [-0.05, 0) is 72.8 Å². The number of non-ortho nitro benzene ring substituents is 1. The highest BCUT2D eigenvalue weighted by atomic mass is 32.2. The molecule has 0 radical (unpaired) electrons. The van der Waals surface area contributed by atoms with E-state index in [2.05, 4.69) is 20.9 Å². The van der Waals surface area contributed by atoms with Crippen molar-refractivity contribution in [2.75, 3.05) is 16.0 Å². The number of anilines is 3. The summed E-state index contributed by atoms with van der Waals surface area (Å²) in [6, 6.07) is 19.8. The summed E-state index contributed by atoms with van der Waals surface area (Å²) in [6.45, 7) is 0. The van der Waals surface area contributed by atoms with Crippen LogP contribution < -0.4 is 16.0 Å². The molecule has 3 aromatic carbocycles. The molecule has 0 atom stereocenters. The Morgan fingerprint density at radius 3 is 1.84 bits per heavy atom. The number of pyridine rings is 1. The van der Waals surface area contributed by atoms with Gasteiger partial charge in [-0.3, -0.25) is 20.5 Å². The third-order valence-corrected chi connectivity index (χ3v) is 6.93. The predicted octanol–water partition coefficient (Wildman–Crippen LogP) is 4.90. The number of rotatable bonds is 7. The van der Waals surface area contributed by atoms with Crippen LogP contribution in [0.15, 0.2) is 107 Å². The Bertz CT molecular complexity index is 1540. The molecule has 0 spiro atoms. The highest BCUT2D eigenvalue weighted by molar-refractivity contribution is 7.91. The number of carbonyl (C=O) groups is 1. The molecule has 0 saturated heterocycles. The summed E-state index contributed by atoms with van der Waals surface area (Å²) in [5.74, 6) is 0.174. The van der Waals surface area contributed by atoms with Gasteiger partial charge in [0.15, 0.2) is 0 Å². The number of urea groups is 1. The SMILES string of the molecule is N=C(Nc1cccnc1)c1ccc(NC(=O)Nc2ccc(S(=O)(=O)c3ccc([N+](=O)[O-])cc3)cc2)cc1. The van der Waals surface area contributed by atoms with Gasteiger partial charge in [0.05, 0.1) is 26.6 Å². The number of nitro benzene ring substituents is 1. The molecular weight excluding hydrogens is 496 g/mol. The van der Waals surface area contributed by atoms with Crippen molar-refractivity contribution in [1.82, 2.24) is 4.98 Å². The molecule has 0 bridgehead atoms. The molecule has 1 heterocycles. The summed E-state index contributed by atoms with van der Waals surface area (Å²) in [6.07, 6.45) is 3.24. The Kier molecular flexibility index (Phi) is 7.21. The van der Waals surface area contributed by atoms with Gasteiger partial charge in [0, 0.05) is 35.3 Å². The van der Waals surface area contributed by atoms with Crippen LogP contribution in [0.5, 0.6) is 0 Å². The molecule has 12 heteroatoms. The topological polar surface area (TPSA) is 167 Å². The van der Waals surface area contributed by atoms with E-state index in [1.807, 2.05) is 0 Å². The second-order valence-corrected chi connectivity index (χ2v) is 9.63. The number of hydrogen-bond acceptors (Lipinski definition) is 7. The smallest absolute Gasteiger partial charge is 0.323 e. The molecule has 1 aromatic heterocycles. The second kappa shape index (κ2) is 10.7. The van der Waals surface area contributed by atoms with Crippen molar-refractivity contribution in [3.05, 3.63) is 113 Å². The van der Waals surface area contributed by atoms with E-state index in [-0.39, 0.29) is 21.3 Å². The number of hydrogen-bond donors (Lipinski definition) is 4. The van der Waals surface area contributed by atoms with Crippen molar-refractivity contribution < 1.29 is 18.1 Å². The lowest BCUT2D eigenvalue weighted by atomic mass is 10.2. The molecule has 4 rings (SSSR count). The molecule has 11 nitrogen and oxygen atoms in total. The van der Waals surface area contributed by atoms with E-state index in [4.69, 9.17) is 5.41 Å². The molecule has 0 aliphatic heterocycles. The first-order chi connectivity index (χ1) is 17.7. The average Bonchev–Trinajstić information content (AvgIpc) is 2.90. The zero-order valence-electron chi connectivity index (χ0n) is 19.1. The van der Waals surface area contributed by atoms with Crippen LogP contribution in [-0.2, 0) is 9.84 Å². The molecule has 0 unspecified atom stereocenters. The Hall–Kier alpha value is -5.10. The van der Waals surface area contributed by atoms with Gasteiger partial charge in [0.25, 0.3) is 5.69 Å².